The molecule has 0 radical (unpaired) electrons. The van der Waals surface area contributed by atoms with Crippen molar-refractivity contribution in [2.45, 2.75) is 38.1 Å². The SMILES string of the molecule is CC[C@H](Nc1ncnc(N)c1-c1nc(C2CC2)no1)c1cc2cccc(Cl)c2c(=O)n1-c1ccccc1. The Morgan fingerprint density at radius 2 is 1.97 bits per heavy atom. The average molecular weight is 514 g/mol. The van der Waals surface area contributed by atoms with Crippen molar-refractivity contribution in [1.82, 2.24) is 24.7 Å². The predicted octanol–water partition coefficient (Wildman–Crippen LogP) is 5.51. The lowest BCUT2D eigenvalue weighted by atomic mass is 10.0. The Morgan fingerprint density at radius 3 is 2.73 bits per heavy atom. The van der Waals surface area contributed by atoms with Crippen LogP contribution in [0.3, 0.4) is 0 Å². The number of rotatable bonds is 7. The van der Waals surface area contributed by atoms with E-state index in [2.05, 4.69) is 25.4 Å². The summed E-state index contributed by atoms with van der Waals surface area (Å²) in [5.74, 6) is 1.93. The van der Waals surface area contributed by atoms with Crippen LogP contribution in [0.1, 0.15) is 49.7 Å². The second-order valence-corrected chi connectivity index (χ2v) is 9.48. The molecule has 0 saturated heterocycles. The third kappa shape index (κ3) is 4.21. The van der Waals surface area contributed by atoms with Gasteiger partial charge in [0.05, 0.1) is 16.5 Å². The number of anilines is 2. The molecule has 1 fully saturated rings. The van der Waals surface area contributed by atoms with Crippen LogP contribution in [0.25, 0.3) is 27.9 Å². The molecule has 6 rings (SSSR count). The average Bonchev–Trinajstić information content (AvgIpc) is 3.65. The van der Waals surface area contributed by atoms with Gasteiger partial charge in [-0.25, -0.2) is 9.97 Å². The zero-order valence-electron chi connectivity index (χ0n) is 20.1. The molecular weight excluding hydrogens is 490 g/mol. The summed E-state index contributed by atoms with van der Waals surface area (Å²) in [6, 6.07) is 16.6. The van der Waals surface area contributed by atoms with Crippen LogP contribution in [0.5, 0.6) is 0 Å². The van der Waals surface area contributed by atoms with Crippen LogP contribution in [0.15, 0.2) is 70.2 Å². The van der Waals surface area contributed by atoms with Gasteiger partial charge in [-0.05, 0) is 48.9 Å². The molecule has 186 valence electrons. The number of nitrogens with one attached hydrogen (secondary N) is 1. The van der Waals surface area contributed by atoms with Crippen molar-refractivity contribution < 1.29 is 4.52 Å². The number of para-hydroxylation sites is 1. The van der Waals surface area contributed by atoms with E-state index in [-0.39, 0.29) is 23.3 Å². The summed E-state index contributed by atoms with van der Waals surface area (Å²) in [7, 11) is 0. The number of nitrogen functional groups attached to an aromatic ring is 1. The summed E-state index contributed by atoms with van der Waals surface area (Å²) < 4.78 is 7.24. The maximum atomic E-state index is 13.8. The van der Waals surface area contributed by atoms with Gasteiger partial charge in [-0.2, -0.15) is 4.98 Å². The van der Waals surface area contributed by atoms with Crippen molar-refractivity contribution in [1.29, 1.82) is 0 Å². The van der Waals surface area contributed by atoms with E-state index in [0.29, 0.717) is 40.0 Å². The smallest absolute Gasteiger partial charge is 0.265 e. The molecule has 0 amide bonds. The molecule has 0 aliphatic heterocycles. The number of nitrogens with zero attached hydrogens (tertiary/aromatic N) is 5. The van der Waals surface area contributed by atoms with Gasteiger partial charge in [0.15, 0.2) is 5.82 Å². The number of nitrogens with two attached hydrogens (primary N) is 1. The van der Waals surface area contributed by atoms with Crippen LogP contribution in [0, 0.1) is 0 Å². The van der Waals surface area contributed by atoms with E-state index < -0.39 is 0 Å². The van der Waals surface area contributed by atoms with E-state index in [1.165, 1.54) is 6.33 Å². The lowest BCUT2D eigenvalue weighted by Gasteiger charge is -2.24. The maximum Gasteiger partial charge on any atom is 0.265 e. The minimum Gasteiger partial charge on any atom is -0.383 e. The fourth-order valence-electron chi connectivity index (χ4n) is 4.55. The molecule has 3 aromatic heterocycles. The highest BCUT2D eigenvalue weighted by Gasteiger charge is 2.30. The number of benzene rings is 2. The fourth-order valence-corrected chi connectivity index (χ4v) is 4.82. The molecule has 37 heavy (non-hydrogen) atoms. The molecule has 0 unspecified atom stereocenters. The van der Waals surface area contributed by atoms with Gasteiger partial charge in [-0.1, -0.05) is 54.0 Å². The fraction of sp³-hybridized carbons (Fsp3) is 0.222. The molecule has 3 heterocycles. The van der Waals surface area contributed by atoms with Crippen molar-refractivity contribution >= 4 is 34.0 Å². The number of pyridine rings is 1. The Labute approximate surface area is 217 Å². The molecule has 10 heteroatoms. The van der Waals surface area contributed by atoms with Crippen LogP contribution >= 0.6 is 11.6 Å². The lowest BCUT2D eigenvalue weighted by molar-refractivity contribution is 0.422. The van der Waals surface area contributed by atoms with Gasteiger partial charge in [0.1, 0.15) is 23.5 Å². The Balaban J connectivity index is 1.50. The molecule has 3 N–H and O–H groups in total. The highest BCUT2D eigenvalue weighted by atomic mass is 35.5. The number of hydrogen-bond donors (Lipinski definition) is 2. The van der Waals surface area contributed by atoms with Crippen molar-refractivity contribution in [3.05, 3.63) is 87.8 Å². The number of hydrogen-bond acceptors (Lipinski definition) is 8. The molecule has 1 aliphatic carbocycles. The summed E-state index contributed by atoms with van der Waals surface area (Å²) in [6.07, 6.45) is 4.12. The highest BCUT2D eigenvalue weighted by molar-refractivity contribution is 6.35. The first kappa shape index (κ1) is 23.2. The second kappa shape index (κ2) is 9.33. The van der Waals surface area contributed by atoms with Crippen molar-refractivity contribution in [2.75, 3.05) is 11.1 Å². The van der Waals surface area contributed by atoms with Gasteiger partial charge < -0.3 is 15.6 Å². The van der Waals surface area contributed by atoms with Crippen LogP contribution in [0.2, 0.25) is 5.02 Å². The summed E-state index contributed by atoms with van der Waals surface area (Å²) >= 11 is 6.47. The van der Waals surface area contributed by atoms with E-state index >= 15 is 0 Å². The molecule has 2 aromatic carbocycles. The largest absolute Gasteiger partial charge is 0.383 e. The van der Waals surface area contributed by atoms with Crippen LogP contribution in [-0.2, 0) is 0 Å². The Kier molecular flexibility index (Phi) is 5.84. The highest BCUT2D eigenvalue weighted by Crippen LogP contribution is 2.40. The third-order valence-corrected chi connectivity index (χ3v) is 6.90. The molecule has 0 bridgehead atoms. The first-order valence-electron chi connectivity index (χ1n) is 12.2. The monoisotopic (exact) mass is 513 g/mol. The molecule has 1 saturated carbocycles. The summed E-state index contributed by atoms with van der Waals surface area (Å²) in [4.78, 5) is 27.0. The predicted molar refractivity (Wildman–Crippen MR) is 143 cm³/mol. The number of halogens is 1. The Bertz CT molecular complexity index is 1660. The van der Waals surface area contributed by atoms with Crippen LogP contribution in [-0.4, -0.2) is 24.7 Å². The lowest BCUT2D eigenvalue weighted by Crippen LogP contribution is -2.27. The zero-order chi connectivity index (χ0) is 25.5. The molecule has 1 atom stereocenters. The summed E-state index contributed by atoms with van der Waals surface area (Å²) in [5, 5.41) is 9.23. The molecule has 1 aliphatic rings. The number of aromatic nitrogens is 5. The summed E-state index contributed by atoms with van der Waals surface area (Å²) in [6.45, 7) is 2.03. The quantitative estimate of drug-likeness (QED) is 0.292. The van der Waals surface area contributed by atoms with Crippen molar-refractivity contribution in [3.8, 4) is 17.1 Å². The minimum atomic E-state index is -0.324. The normalized spacial score (nSPS) is 14.1. The second-order valence-electron chi connectivity index (χ2n) is 9.07. The zero-order valence-corrected chi connectivity index (χ0v) is 20.8. The molecular formula is C27H24ClN7O2. The van der Waals surface area contributed by atoms with Gasteiger partial charge in [0, 0.05) is 17.3 Å². The maximum absolute atomic E-state index is 13.8. The van der Waals surface area contributed by atoms with Crippen LogP contribution < -0.4 is 16.6 Å². The Hall–Kier alpha value is -4.24. The van der Waals surface area contributed by atoms with Crippen molar-refractivity contribution in [3.63, 3.8) is 0 Å². The van der Waals surface area contributed by atoms with Gasteiger partial charge in [0.2, 0.25) is 0 Å². The Morgan fingerprint density at radius 1 is 1.16 bits per heavy atom. The van der Waals surface area contributed by atoms with E-state index in [1.54, 1.807) is 10.6 Å². The van der Waals surface area contributed by atoms with E-state index in [0.717, 1.165) is 29.6 Å². The van der Waals surface area contributed by atoms with Crippen molar-refractivity contribution in [2.24, 2.45) is 0 Å². The van der Waals surface area contributed by atoms with E-state index in [4.69, 9.17) is 21.9 Å². The summed E-state index contributed by atoms with van der Waals surface area (Å²) in [5.41, 5.74) is 7.99. The topological polar surface area (TPSA) is 125 Å². The van der Waals surface area contributed by atoms with Gasteiger partial charge in [-0.15, -0.1) is 0 Å². The van der Waals surface area contributed by atoms with Gasteiger partial charge in [0.25, 0.3) is 11.4 Å². The van der Waals surface area contributed by atoms with E-state index in [9.17, 15) is 4.79 Å². The van der Waals surface area contributed by atoms with Gasteiger partial charge >= 0.3 is 0 Å². The molecule has 5 aromatic rings. The van der Waals surface area contributed by atoms with Crippen LogP contribution in [0.4, 0.5) is 11.6 Å². The standard InChI is InChI=1S/C27H24ClN7O2/c1-2-19(32-25-22(23(29)30-14-31-25)26-33-24(34-37-26)15-11-12-15)20-13-16-7-6-10-18(28)21(16)27(36)35(20)17-8-4-3-5-9-17/h3-10,13-15,19H,2,11-12H2,1H3,(H3,29,30,31,32)/t19-/m0/s1. The minimum absolute atomic E-state index is 0.196. The third-order valence-electron chi connectivity index (χ3n) is 6.59. The molecule has 0 spiro atoms. The number of fused-ring (bicyclic) bond motifs is 1. The first-order chi connectivity index (χ1) is 18.0. The van der Waals surface area contributed by atoms with E-state index in [1.807, 2.05) is 55.5 Å². The van der Waals surface area contributed by atoms with Gasteiger partial charge in [-0.3, -0.25) is 9.36 Å². The molecule has 9 nitrogen and oxygen atoms in total. The first-order valence-corrected chi connectivity index (χ1v) is 12.5.